The van der Waals surface area contributed by atoms with Crippen molar-refractivity contribution in [1.82, 2.24) is 9.88 Å². The van der Waals surface area contributed by atoms with E-state index in [2.05, 4.69) is 46.4 Å². The van der Waals surface area contributed by atoms with E-state index in [9.17, 15) is 9.59 Å². The van der Waals surface area contributed by atoms with Crippen molar-refractivity contribution in [1.29, 1.82) is 0 Å². The molecular weight excluding hydrogens is 719 g/mol. The number of nitrogens with one attached hydrogen (secondary N) is 1. The van der Waals surface area contributed by atoms with Crippen LogP contribution in [0.1, 0.15) is 59.2 Å². The van der Waals surface area contributed by atoms with E-state index in [-0.39, 0.29) is 19.1 Å². The summed E-state index contributed by atoms with van der Waals surface area (Å²) in [6, 6.07) is 36.1. The number of carbonyl (C=O) groups excluding carboxylic acids is 2. The minimum Gasteiger partial charge on any atom is -0.490 e. The fourth-order valence-electron chi connectivity index (χ4n) is 6.52. The van der Waals surface area contributed by atoms with Crippen LogP contribution >= 0.6 is 23.2 Å². The van der Waals surface area contributed by atoms with Crippen LogP contribution < -0.4 is 14.8 Å². The van der Waals surface area contributed by atoms with Gasteiger partial charge in [-0.15, -0.1) is 0 Å². The Hall–Kier alpha value is -5.24. The molecule has 1 heterocycles. The predicted octanol–water partition coefficient (Wildman–Crippen LogP) is 11.3. The lowest BCUT2D eigenvalue weighted by atomic mass is 9.94. The number of methoxy groups -OCH3 is 1. The highest BCUT2D eigenvalue weighted by Gasteiger charge is 2.20. The van der Waals surface area contributed by atoms with Crippen molar-refractivity contribution in [3.05, 3.63) is 143 Å². The van der Waals surface area contributed by atoms with Crippen LogP contribution in [0, 0.1) is 0 Å². The zero-order valence-corrected chi connectivity index (χ0v) is 31.9. The number of aromatic nitrogens is 1. The first-order chi connectivity index (χ1) is 26.4. The molecule has 1 aromatic heterocycles. The minimum atomic E-state index is -0.413. The maximum atomic E-state index is 13.7. The van der Waals surface area contributed by atoms with Gasteiger partial charge >= 0.3 is 5.97 Å². The van der Waals surface area contributed by atoms with Gasteiger partial charge in [-0.2, -0.15) is 0 Å². The van der Waals surface area contributed by atoms with Gasteiger partial charge in [-0.3, -0.25) is 4.79 Å². The number of unbranched alkanes of at least 4 members (excludes halogenated alkanes) is 5. The van der Waals surface area contributed by atoms with Crippen LogP contribution in [0.5, 0.6) is 11.5 Å². The Kier molecular flexibility index (Phi) is 13.7. The quantitative estimate of drug-likeness (QED) is 0.0697. The zero-order chi connectivity index (χ0) is 37.7. The van der Waals surface area contributed by atoms with E-state index in [0.717, 1.165) is 54.5 Å². The van der Waals surface area contributed by atoms with Crippen LogP contribution in [0.15, 0.2) is 121 Å². The molecule has 54 heavy (non-hydrogen) atoms. The molecule has 0 saturated carbocycles. The summed E-state index contributed by atoms with van der Waals surface area (Å²) in [7, 11) is 1.34. The monoisotopic (exact) mass is 762 g/mol. The third-order valence-corrected chi connectivity index (χ3v) is 9.76. The van der Waals surface area contributed by atoms with Gasteiger partial charge in [0.15, 0.2) is 0 Å². The number of rotatable bonds is 18. The second-order valence-electron chi connectivity index (χ2n) is 13.1. The molecule has 0 atom stereocenters. The summed E-state index contributed by atoms with van der Waals surface area (Å²) < 4.78 is 19.5. The highest BCUT2D eigenvalue weighted by atomic mass is 35.5. The van der Waals surface area contributed by atoms with Gasteiger partial charge in [-0.1, -0.05) is 91.3 Å². The first-order valence-electron chi connectivity index (χ1n) is 18.4. The van der Waals surface area contributed by atoms with Crippen LogP contribution in [-0.4, -0.2) is 43.3 Å². The molecule has 0 saturated heterocycles. The Balaban J connectivity index is 1.09. The summed E-state index contributed by atoms with van der Waals surface area (Å²) in [5.41, 5.74) is 5.28. The molecule has 0 aliphatic rings. The van der Waals surface area contributed by atoms with Crippen LogP contribution in [0.4, 0.5) is 0 Å². The van der Waals surface area contributed by atoms with E-state index < -0.39 is 5.97 Å². The molecule has 7 nitrogen and oxygen atoms in total. The van der Waals surface area contributed by atoms with Crippen molar-refractivity contribution in [3.8, 4) is 33.8 Å². The van der Waals surface area contributed by atoms with Crippen LogP contribution in [-0.2, 0) is 11.3 Å². The summed E-state index contributed by atoms with van der Waals surface area (Å²) in [5.74, 6) is 0.588. The second kappa shape index (κ2) is 19.2. The normalized spacial score (nSPS) is 11.0. The Morgan fingerprint density at radius 1 is 0.648 bits per heavy atom. The highest BCUT2D eigenvalue weighted by Crippen LogP contribution is 2.41. The number of carbonyl (C=O) groups is 2. The second-order valence-corrected chi connectivity index (χ2v) is 14.0. The van der Waals surface area contributed by atoms with E-state index in [1.807, 2.05) is 60.7 Å². The number of nitrogens with zero attached hydrogens (tertiary/aromatic N) is 1. The molecule has 1 N–H and O–H groups in total. The Morgan fingerprint density at radius 3 is 1.94 bits per heavy atom. The van der Waals surface area contributed by atoms with Crippen molar-refractivity contribution in [2.24, 2.45) is 0 Å². The number of amides is 1. The number of hydrogen-bond donors (Lipinski definition) is 1. The molecule has 0 bridgehead atoms. The lowest BCUT2D eigenvalue weighted by Gasteiger charge is -2.19. The number of aryl methyl sites for hydroxylation is 1. The molecule has 0 unspecified atom stereocenters. The largest absolute Gasteiger partial charge is 0.490 e. The Labute approximate surface area is 326 Å². The fourth-order valence-corrected chi connectivity index (χ4v) is 6.90. The maximum Gasteiger partial charge on any atom is 0.337 e. The molecule has 278 valence electrons. The van der Waals surface area contributed by atoms with Gasteiger partial charge in [0, 0.05) is 51.5 Å². The SMILES string of the molecule is COC(=O)c1ccc(OCCOc2c(-c3cccc(Cl)c3)cc(C(=O)NCCCCCCCCn3ccc4ccccc43)cc2-c2cccc(Cl)c2)cc1. The number of esters is 1. The fraction of sp³-hybridized carbons (Fsp3) is 0.244. The molecule has 0 radical (unpaired) electrons. The molecule has 6 rings (SSSR count). The molecule has 0 aliphatic heterocycles. The predicted molar refractivity (Wildman–Crippen MR) is 218 cm³/mol. The maximum absolute atomic E-state index is 13.7. The van der Waals surface area contributed by atoms with E-state index in [1.165, 1.54) is 30.9 Å². The van der Waals surface area contributed by atoms with Gasteiger partial charge in [-0.05, 0) is 102 Å². The summed E-state index contributed by atoms with van der Waals surface area (Å²) in [4.78, 5) is 25.5. The molecule has 6 aromatic rings. The van der Waals surface area contributed by atoms with Crippen LogP contribution in [0.2, 0.25) is 10.0 Å². The van der Waals surface area contributed by atoms with E-state index in [1.54, 1.807) is 24.3 Å². The third-order valence-electron chi connectivity index (χ3n) is 9.29. The molecule has 0 fully saturated rings. The average Bonchev–Trinajstić information content (AvgIpc) is 3.61. The van der Waals surface area contributed by atoms with Gasteiger partial charge < -0.3 is 24.1 Å². The van der Waals surface area contributed by atoms with Gasteiger partial charge in [0.2, 0.25) is 0 Å². The van der Waals surface area contributed by atoms with Crippen molar-refractivity contribution in [3.63, 3.8) is 0 Å². The topological polar surface area (TPSA) is 78.8 Å². The number of para-hydroxylation sites is 1. The number of hydrogen-bond acceptors (Lipinski definition) is 5. The summed E-state index contributed by atoms with van der Waals surface area (Å²) in [5, 5.41) is 5.55. The van der Waals surface area contributed by atoms with Gasteiger partial charge in [-0.25, -0.2) is 4.79 Å². The lowest BCUT2D eigenvalue weighted by molar-refractivity contribution is 0.0600. The van der Waals surface area contributed by atoms with Gasteiger partial charge in [0.1, 0.15) is 24.7 Å². The summed E-state index contributed by atoms with van der Waals surface area (Å²) in [6.07, 6.45) is 8.78. The van der Waals surface area contributed by atoms with Gasteiger partial charge in [0.05, 0.1) is 12.7 Å². The third kappa shape index (κ3) is 10.2. The van der Waals surface area contributed by atoms with Gasteiger partial charge in [0.25, 0.3) is 5.91 Å². The number of benzene rings is 5. The minimum absolute atomic E-state index is 0.161. The van der Waals surface area contributed by atoms with Crippen molar-refractivity contribution in [2.75, 3.05) is 26.9 Å². The average molecular weight is 764 g/mol. The summed E-state index contributed by atoms with van der Waals surface area (Å²) >= 11 is 12.9. The van der Waals surface area contributed by atoms with Crippen molar-refractivity contribution < 1.29 is 23.8 Å². The van der Waals surface area contributed by atoms with E-state index in [0.29, 0.717) is 39.2 Å². The van der Waals surface area contributed by atoms with Crippen LogP contribution in [0.25, 0.3) is 33.2 Å². The number of halogens is 2. The van der Waals surface area contributed by atoms with E-state index >= 15 is 0 Å². The Bertz CT molecular complexity index is 2110. The first kappa shape index (κ1) is 38.5. The summed E-state index contributed by atoms with van der Waals surface area (Å²) in [6.45, 7) is 2.05. The molecule has 0 aliphatic carbocycles. The Morgan fingerprint density at radius 2 is 1.28 bits per heavy atom. The molecule has 1 amide bonds. The lowest BCUT2D eigenvalue weighted by Crippen LogP contribution is -2.24. The number of fused-ring (bicyclic) bond motifs is 1. The molecule has 0 spiro atoms. The standard InChI is InChI=1S/C45H44Cl2N2O5/c1-52-45(51)33-18-20-39(21-19-33)53-26-27-54-43-40(34-13-10-15-37(46)28-34)30-36(31-41(43)35-14-11-16-38(47)29-35)44(50)48-23-8-4-2-3-5-9-24-49-25-22-32-12-6-7-17-42(32)49/h6-7,10-22,25,28-31H,2-5,8-9,23-24,26-27H2,1H3,(H,48,50). The molecular formula is C45H44Cl2N2O5. The van der Waals surface area contributed by atoms with E-state index in [4.69, 9.17) is 37.4 Å². The number of ether oxygens (including phenoxy) is 3. The zero-order valence-electron chi connectivity index (χ0n) is 30.4. The smallest absolute Gasteiger partial charge is 0.337 e. The highest BCUT2D eigenvalue weighted by molar-refractivity contribution is 6.31. The van der Waals surface area contributed by atoms with Crippen LogP contribution in [0.3, 0.4) is 0 Å². The molecule has 9 heteroatoms. The molecule has 5 aromatic carbocycles. The van der Waals surface area contributed by atoms with Crippen molar-refractivity contribution in [2.45, 2.75) is 45.1 Å². The van der Waals surface area contributed by atoms with Crippen molar-refractivity contribution >= 4 is 46.0 Å². The first-order valence-corrected chi connectivity index (χ1v) is 19.1.